The second kappa shape index (κ2) is 7.31. The molecule has 0 bridgehead atoms. The van der Waals surface area contributed by atoms with Gasteiger partial charge in [-0.1, -0.05) is 29.4 Å². The number of aryl methyl sites for hydroxylation is 1. The summed E-state index contributed by atoms with van der Waals surface area (Å²) >= 11 is 1.75. The summed E-state index contributed by atoms with van der Waals surface area (Å²) in [6, 6.07) is 7.30. The van der Waals surface area contributed by atoms with Crippen LogP contribution in [0.2, 0.25) is 0 Å². The summed E-state index contributed by atoms with van der Waals surface area (Å²) in [5.41, 5.74) is 3.15. The van der Waals surface area contributed by atoms with Gasteiger partial charge in [0.15, 0.2) is 5.84 Å². The fraction of sp³-hybridized carbons (Fsp3) is 0.250. The smallest absolute Gasteiger partial charge is 0.323 e. The molecule has 0 atom stereocenters. The number of oxime groups is 1. The van der Waals surface area contributed by atoms with Crippen LogP contribution in [0.3, 0.4) is 0 Å². The summed E-state index contributed by atoms with van der Waals surface area (Å²) in [6.45, 7) is 0.256. The van der Waals surface area contributed by atoms with E-state index in [-0.39, 0.29) is 12.0 Å². The summed E-state index contributed by atoms with van der Waals surface area (Å²) in [7, 11) is 1.68. The first-order valence-electron chi connectivity index (χ1n) is 7.38. The molecule has 0 radical (unpaired) electrons. The van der Waals surface area contributed by atoms with Crippen LogP contribution >= 0.6 is 11.8 Å². The van der Waals surface area contributed by atoms with Gasteiger partial charge in [0.25, 0.3) is 5.56 Å². The van der Waals surface area contributed by atoms with Crippen molar-refractivity contribution in [3.8, 4) is 11.4 Å². The highest BCUT2D eigenvalue weighted by Gasteiger charge is 2.16. The van der Waals surface area contributed by atoms with Crippen molar-refractivity contribution < 1.29 is 9.63 Å². The molecule has 0 unspecified atom stereocenters. The molecule has 8 heteroatoms. The second-order valence-corrected chi connectivity index (χ2v) is 6.22. The van der Waals surface area contributed by atoms with Crippen molar-refractivity contribution in [1.82, 2.24) is 15.3 Å². The minimum atomic E-state index is -0.0665. The standard InChI is InChI=1S/C16H16N4O3S/c1-17-14(20-23-9-21)10-2-4-11(5-3-10)15-18-13-6-7-24-8-12(13)16(22)19-15/h2-5,9H,6-8H2,1H3,(H,17,20)(H,18,19,22). The molecule has 0 saturated carbocycles. The van der Waals surface area contributed by atoms with Crippen LogP contribution in [0, 0.1) is 0 Å². The molecule has 2 N–H and O–H groups in total. The van der Waals surface area contributed by atoms with Gasteiger partial charge in [-0.3, -0.25) is 9.59 Å². The normalized spacial score (nSPS) is 14.0. The largest absolute Gasteiger partial charge is 0.370 e. The Hall–Kier alpha value is -2.61. The Bertz CT molecular complexity index is 830. The van der Waals surface area contributed by atoms with Crippen molar-refractivity contribution in [2.75, 3.05) is 12.8 Å². The second-order valence-electron chi connectivity index (χ2n) is 5.11. The van der Waals surface area contributed by atoms with E-state index in [9.17, 15) is 9.59 Å². The Morgan fingerprint density at radius 2 is 2.21 bits per heavy atom. The number of carbonyl (C=O) groups is 1. The molecular formula is C16H16N4O3S. The Balaban J connectivity index is 1.92. The highest BCUT2D eigenvalue weighted by Crippen LogP contribution is 2.22. The lowest BCUT2D eigenvalue weighted by Gasteiger charge is -2.14. The maximum atomic E-state index is 12.2. The molecule has 1 aliphatic rings. The minimum Gasteiger partial charge on any atom is -0.370 e. The number of amidine groups is 1. The van der Waals surface area contributed by atoms with Crippen molar-refractivity contribution in [3.05, 3.63) is 51.4 Å². The van der Waals surface area contributed by atoms with Gasteiger partial charge in [-0.2, -0.15) is 11.8 Å². The van der Waals surface area contributed by atoms with Gasteiger partial charge in [-0.15, -0.1) is 0 Å². The Morgan fingerprint density at radius 3 is 2.92 bits per heavy atom. The van der Waals surface area contributed by atoms with E-state index in [1.54, 1.807) is 18.8 Å². The zero-order valence-electron chi connectivity index (χ0n) is 13.0. The van der Waals surface area contributed by atoms with Gasteiger partial charge in [0.05, 0.1) is 5.69 Å². The molecule has 0 saturated heterocycles. The van der Waals surface area contributed by atoms with Crippen LogP contribution in [-0.2, 0) is 21.8 Å². The average Bonchev–Trinajstić information content (AvgIpc) is 2.63. The maximum Gasteiger partial charge on any atom is 0.323 e. The SMILES string of the molecule is CN/C(=N\OC=O)c1ccc(-c2nc3c(c(=O)[nH]2)CSCC3)cc1. The molecule has 124 valence electrons. The van der Waals surface area contributed by atoms with Gasteiger partial charge in [0, 0.05) is 29.5 Å². The zero-order valence-corrected chi connectivity index (χ0v) is 13.9. The van der Waals surface area contributed by atoms with Crippen molar-refractivity contribution >= 4 is 24.1 Å². The van der Waals surface area contributed by atoms with Gasteiger partial charge >= 0.3 is 6.47 Å². The summed E-state index contributed by atoms with van der Waals surface area (Å²) in [5.74, 6) is 2.69. The predicted octanol–water partition coefficient (Wildman–Crippen LogP) is 1.28. The van der Waals surface area contributed by atoms with Crippen LogP contribution in [0.4, 0.5) is 0 Å². The average molecular weight is 344 g/mol. The van der Waals surface area contributed by atoms with E-state index in [0.29, 0.717) is 11.7 Å². The number of H-pyrrole nitrogens is 1. The first kappa shape index (κ1) is 16.3. The number of thioether (sulfide) groups is 1. The highest BCUT2D eigenvalue weighted by atomic mass is 32.2. The molecule has 0 aliphatic carbocycles. The number of rotatable bonds is 4. The van der Waals surface area contributed by atoms with E-state index in [4.69, 9.17) is 0 Å². The molecule has 1 aromatic heterocycles. The summed E-state index contributed by atoms with van der Waals surface area (Å²) in [4.78, 5) is 34.3. The zero-order chi connectivity index (χ0) is 16.9. The van der Waals surface area contributed by atoms with Crippen molar-refractivity contribution in [2.24, 2.45) is 5.16 Å². The molecule has 2 aromatic rings. The quantitative estimate of drug-likeness (QED) is 0.285. The lowest BCUT2D eigenvalue weighted by atomic mass is 10.1. The molecule has 24 heavy (non-hydrogen) atoms. The number of fused-ring (bicyclic) bond motifs is 1. The molecule has 0 amide bonds. The topological polar surface area (TPSA) is 96.4 Å². The first-order chi connectivity index (χ1) is 11.7. The van der Waals surface area contributed by atoms with Crippen molar-refractivity contribution in [2.45, 2.75) is 12.2 Å². The fourth-order valence-electron chi connectivity index (χ4n) is 2.48. The molecule has 1 aliphatic heterocycles. The Morgan fingerprint density at radius 1 is 1.42 bits per heavy atom. The summed E-state index contributed by atoms with van der Waals surface area (Å²) in [5, 5.41) is 6.52. The first-order valence-corrected chi connectivity index (χ1v) is 8.54. The maximum absolute atomic E-state index is 12.2. The van der Waals surface area contributed by atoms with E-state index in [0.717, 1.165) is 40.3 Å². The number of aromatic nitrogens is 2. The van der Waals surface area contributed by atoms with Crippen molar-refractivity contribution in [1.29, 1.82) is 0 Å². The van der Waals surface area contributed by atoms with Crippen LogP contribution in [-0.4, -0.2) is 35.1 Å². The van der Waals surface area contributed by atoms with Crippen LogP contribution in [0.1, 0.15) is 16.8 Å². The number of aromatic amines is 1. The molecular weight excluding hydrogens is 328 g/mol. The third kappa shape index (κ3) is 3.33. The number of benzene rings is 1. The number of hydrogen-bond acceptors (Lipinski definition) is 6. The summed E-state index contributed by atoms with van der Waals surface area (Å²) in [6.07, 6.45) is 0.814. The molecule has 3 rings (SSSR count). The van der Waals surface area contributed by atoms with E-state index in [1.165, 1.54) is 0 Å². The third-order valence-electron chi connectivity index (χ3n) is 3.69. The summed E-state index contributed by atoms with van der Waals surface area (Å²) < 4.78 is 0. The minimum absolute atomic E-state index is 0.0665. The van der Waals surface area contributed by atoms with E-state index < -0.39 is 0 Å². The van der Waals surface area contributed by atoms with Gasteiger partial charge in [0.2, 0.25) is 0 Å². The fourth-order valence-corrected chi connectivity index (χ4v) is 3.47. The van der Waals surface area contributed by atoms with Crippen LogP contribution in [0.5, 0.6) is 0 Å². The lowest BCUT2D eigenvalue weighted by Crippen LogP contribution is -2.21. The van der Waals surface area contributed by atoms with Gasteiger partial charge in [-0.25, -0.2) is 4.98 Å². The molecule has 0 spiro atoms. The predicted molar refractivity (Wildman–Crippen MR) is 92.9 cm³/mol. The number of nitrogens with zero attached hydrogens (tertiary/aromatic N) is 2. The molecule has 2 heterocycles. The molecule has 1 aromatic carbocycles. The molecule has 0 fully saturated rings. The van der Waals surface area contributed by atoms with E-state index >= 15 is 0 Å². The van der Waals surface area contributed by atoms with Gasteiger partial charge < -0.3 is 15.1 Å². The lowest BCUT2D eigenvalue weighted by molar-refractivity contribution is -0.128. The highest BCUT2D eigenvalue weighted by molar-refractivity contribution is 7.98. The Labute approximate surface area is 142 Å². The van der Waals surface area contributed by atoms with Gasteiger partial charge in [0.1, 0.15) is 5.82 Å². The number of carbonyl (C=O) groups excluding carboxylic acids is 1. The monoisotopic (exact) mass is 344 g/mol. The molecule has 7 nitrogen and oxygen atoms in total. The van der Waals surface area contributed by atoms with Crippen LogP contribution in [0.15, 0.2) is 34.2 Å². The van der Waals surface area contributed by atoms with E-state index in [2.05, 4.69) is 25.3 Å². The van der Waals surface area contributed by atoms with Gasteiger partial charge in [-0.05, 0) is 12.2 Å². The van der Waals surface area contributed by atoms with Crippen LogP contribution < -0.4 is 10.9 Å². The Kier molecular flexibility index (Phi) is 4.95. The van der Waals surface area contributed by atoms with Crippen LogP contribution in [0.25, 0.3) is 11.4 Å². The van der Waals surface area contributed by atoms with E-state index in [1.807, 2.05) is 24.3 Å². The third-order valence-corrected chi connectivity index (χ3v) is 4.67. The van der Waals surface area contributed by atoms with Crippen molar-refractivity contribution in [3.63, 3.8) is 0 Å². The number of nitrogens with one attached hydrogen (secondary N) is 2. The number of hydrogen-bond donors (Lipinski definition) is 2.